The van der Waals surface area contributed by atoms with E-state index in [1.54, 1.807) is 29.0 Å². The number of halogens is 1. The molecule has 0 unspecified atom stereocenters. The molecule has 3 heterocycles. The van der Waals surface area contributed by atoms with E-state index in [4.69, 9.17) is 11.6 Å². The van der Waals surface area contributed by atoms with Gasteiger partial charge in [-0.3, -0.25) is 14.4 Å². The van der Waals surface area contributed by atoms with Gasteiger partial charge in [0.15, 0.2) is 0 Å². The SMILES string of the molecule is C=CC(=O)N1CCN(C(C)=O)[C@H](c2cc(Cl)nc(-c3cc(C(=O)NC)nc(C4CC4)c3)c2)C1. The largest absolute Gasteiger partial charge is 0.354 e. The van der Waals surface area contributed by atoms with Crippen LogP contribution in [0, 0.1) is 0 Å². The smallest absolute Gasteiger partial charge is 0.269 e. The minimum absolute atomic E-state index is 0.0815. The van der Waals surface area contributed by atoms with Crippen molar-refractivity contribution >= 4 is 29.3 Å². The minimum atomic E-state index is -0.373. The van der Waals surface area contributed by atoms with Crippen LogP contribution in [0.15, 0.2) is 36.9 Å². The Bertz CT molecular complexity index is 1130. The van der Waals surface area contributed by atoms with Crippen LogP contribution in [-0.2, 0) is 9.59 Å². The van der Waals surface area contributed by atoms with Crippen LogP contribution in [-0.4, -0.2) is 64.2 Å². The fourth-order valence-corrected chi connectivity index (χ4v) is 4.38. The summed E-state index contributed by atoms with van der Waals surface area (Å²) in [5, 5.41) is 2.89. The number of nitrogens with one attached hydrogen (secondary N) is 1. The van der Waals surface area contributed by atoms with Crippen LogP contribution in [0.2, 0.25) is 5.15 Å². The van der Waals surface area contributed by atoms with Gasteiger partial charge in [-0.05, 0) is 48.7 Å². The highest BCUT2D eigenvalue weighted by Gasteiger charge is 2.32. The standard InChI is InChI=1S/C24H26ClN5O3/c1-4-23(32)29-7-8-30(14(2)31)21(13-29)17-11-19(28-22(25)12-17)16-9-18(15-5-6-15)27-20(10-16)24(33)26-3/h4,9-12,15,21H,1,5-8,13H2,2-3H3,(H,26,33)/t21-/m0/s1. The van der Waals surface area contributed by atoms with Crippen LogP contribution < -0.4 is 5.32 Å². The number of amides is 3. The van der Waals surface area contributed by atoms with Gasteiger partial charge in [0.2, 0.25) is 11.8 Å². The molecule has 1 N–H and O–H groups in total. The summed E-state index contributed by atoms with van der Waals surface area (Å²) < 4.78 is 0. The van der Waals surface area contributed by atoms with Crippen LogP contribution >= 0.6 is 11.6 Å². The number of piperazine rings is 1. The molecule has 0 radical (unpaired) electrons. The van der Waals surface area contributed by atoms with Gasteiger partial charge in [-0.25, -0.2) is 9.97 Å². The molecule has 1 aliphatic heterocycles. The maximum Gasteiger partial charge on any atom is 0.269 e. The minimum Gasteiger partial charge on any atom is -0.354 e. The second-order valence-corrected chi connectivity index (χ2v) is 8.73. The Hall–Kier alpha value is -3.26. The maximum atomic E-state index is 12.3. The zero-order chi connectivity index (χ0) is 23.7. The van der Waals surface area contributed by atoms with E-state index in [2.05, 4.69) is 21.9 Å². The van der Waals surface area contributed by atoms with E-state index < -0.39 is 0 Å². The van der Waals surface area contributed by atoms with Crippen molar-refractivity contribution in [3.8, 4) is 11.3 Å². The monoisotopic (exact) mass is 467 g/mol. The lowest BCUT2D eigenvalue weighted by Crippen LogP contribution is -2.51. The predicted octanol–water partition coefficient (Wildman–Crippen LogP) is 2.95. The first-order chi connectivity index (χ1) is 15.8. The number of hydrogen-bond donors (Lipinski definition) is 1. The summed E-state index contributed by atoms with van der Waals surface area (Å²) in [5.74, 6) is -0.185. The Morgan fingerprint density at radius 2 is 1.91 bits per heavy atom. The molecule has 3 amide bonds. The van der Waals surface area contributed by atoms with Gasteiger partial charge < -0.3 is 15.1 Å². The zero-order valence-corrected chi connectivity index (χ0v) is 19.4. The maximum absolute atomic E-state index is 12.3. The highest BCUT2D eigenvalue weighted by atomic mass is 35.5. The summed E-state index contributed by atoms with van der Waals surface area (Å²) in [6.07, 6.45) is 3.36. The lowest BCUT2D eigenvalue weighted by Gasteiger charge is -2.41. The van der Waals surface area contributed by atoms with Gasteiger partial charge in [0, 0.05) is 50.8 Å². The van der Waals surface area contributed by atoms with E-state index in [0.29, 0.717) is 36.9 Å². The highest BCUT2D eigenvalue weighted by Crippen LogP contribution is 2.40. The van der Waals surface area contributed by atoms with E-state index in [1.165, 1.54) is 13.0 Å². The van der Waals surface area contributed by atoms with Crippen molar-refractivity contribution in [2.75, 3.05) is 26.7 Å². The number of nitrogens with zero attached hydrogens (tertiary/aromatic N) is 4. The van der Waals surface area contributed by atoms with E-state index in [0.717, 1.165) is 29.7 Å². The third-order valence-corrected chi connectivity index (χ3v) is 6.26. The van der Waals surface area contributed by atoms with Crippen molar-refractivity contribution in [1.29, 1.82) is 0 Å². The number of hydrogen-bond acceptors (Lipinski definition) is 5. The second kappa shape index (κ2) is 9.31. The third kappa shape index (κ3) is 4.90. The summed E-state index contributed by atoms with van der Waals surface area (Å²) in [6, 6.07) is 6.86. The first-order valence-electron chi connectivity index (χ1n) is 10.9. The molecular weight excluding hydrogens is 442 g/mol. The van der Waals surface area contributed by atoms with Gasteiger partial charge in [0.1, 0.15) is 10.8 Å². The van der Waals surface area contributed by atoms with E-state index >= 15 is 0 Å². The van der Waals surface area contributed by atoms with Crippen molar-refractivity contribution in [3.05, 3.63) is 59.0 Å². The molecular formula is C24H26ClN5O3. The van der Waals surface area contributed by atoms with E-state index in [9.17, 15) is 14.4 Å². The van der Waals surface area contributed by atoms with Gasteiger partial charge in [-0.15, -0.1) is 0 Å². The molecule has 2 fully saturated rings. The van der Waals surface area contributed by atoms with Crippen LogP contribution in [0.5, 0.6) is 0 Å². The van der Waals surface area contributed by atoms with E-state index in [1.807, 2.05) is 12.1 Å². The van der Waals surface area contributed by atoms with Gasteiger partial charge in [-0.2, -0.15) is 0 Å². The van der Waals surface area contributed by atoms with Crippen LogP contribution in [0.4, 0.5) is 0 Å². The summed E-state index contributed by atoms with van der Waals surface area (Å²) in [6.45, 7) is 6.27. The molecule has 2 aromatic rings. The molecule has 1 saturated carbocycles. The normalized spacial score (nSPS) is 18.1. The highest BCUT2D eigenvalue weighted by molar-refractivity contribution is 6.29. The average Bonchev–Trinajstić information content (AvgIpc) is 3.67. The molecule has 0 spiro atoms. The van der Waals surface area contributed by atoms with Gasteiger partial charge in [0.05, 0.1) is 11.7 Å². The Morgan fingerprint density at radius 3 is 2.55 bits per heavy atom. The van der Waals surface area contributed by atoms with Crippen molar-refractivity contribution in [2.24, 2.45) is 0 Å². The molecule has 0 aromatic carbocycles. The number of carbonyl (C=O) groups excluding carboxylic acids is 3. The van der Waals surface area contributed by atoms with Crippen molar-refractivity contribution in [3.63, 3.8) is 0 Å². The fourth-order valence-electron chi connectivity index (χ4n) is 4.16. The molecule has 33 heavy (non-hydrogen) atoms. The first-order valence-corrected chi connectivity index (χ1v) is 11.3. The summed E-state index contributed by atoms with van der Waals surface area (Å²) in [7, 11) is 1.57. The molecule has 1 atom stereocenters. The van der Waals surface area contributed by atoms with Gasteiger partial charge in [-0.1, -0.05) is 18.2 Å². The second-order valence-electron chi connectivity index (χ2n) is 8.34. The van der Waals surface area contributed by atoms with Crippen molar-refractivity contribution in [1.82, 2.24) is 25.1 Å². The van der Waals surface area contributed by atoms with Crippen LogP contribution in [0.3, 0.4) is 0 Å². The molecule has 1 aliphatic carbocycles. The van der Waals surface area contributed by atoms with Crippen molar-refractivity contribution < 1.29 is 14.4 Å². The quantitative estimate of drug-likeness (QED) is 0.538. The molecule has 2 aromatic heterocycles. The number of aromatic nitrogens is 2. The Balaban J connectivity index is 1.76. The number of pyridine rings is 2. The molecule has 4 rings (SSSR count). The lowest BCUT2D eigenvalue weighted by atomic mass is 9.99. The molecule has 0 bridgehead atoms. The van der Waals surface area contributed by atoms with Gasteiger partial charge >= 0.3 is 0 Å². The Labute approximate surface area is 197 Å². The number of carbonyl (C=O) groups is 3. The average molecular weight is 468 g/mol. The lowest BCUT2D eigenvalue weighted by molar-refractivity contribution is -0.139. The summed E-state index contributed by atoms with van der Waals surface area (Å²) >= 11 is 6.41. The van der Waals surface area contributed by atoms with Crippen molar-refractivity contribution in [2.45, 2.75) is 31.7 Å². The van der Waals surface area contributed by atoms with Crippen LogP contribution in [0.1, 0.15) is 53.5 Å². The Morgan fingerprint density at radius 1 is 1.15 bits per heavy atom. The topological polar surface area (TPSA) is 95.5 Å². The Kier molecular flexibility index (Phi) is 6.47. The summed E-state index contributed by atoms with van der Waals surface area (Å²) in [4.78, 5) is 49.3. The molecule has 8 nitrogen and oxygen atoms in total. The molecule has 9 heteroatoms. The van der Waals surface area contributed by atoms with E-state index in [-0.39, 0.29) is 28.9 Å². The fraction of sp³-hybridized carbons (Fsp3) is 0.375. The summed E-state index contributed by atoms with van der Waals surface area (Å²) in [5.41, 5.74) is 3.28. The zero-order valence-electron chi connectivity index (χ0n) is 18.7. The number of rotatable bonds is 5. The third-order valence-electron chi connectivity index (χ3n) is 6.07. The van der Waals surface area contributed by atoms with Gasteiger partial charge in [0.25, 0.3) is 5.91 Å². The first kappa shape index (κ1) is 22.9. The predicted molar refractivity (Wildman–Crippen MR) is 125 cm³/mol. The molecule has 172 valence electrons. The molecule has 1 saturated heterocycles. The molecule has 2 aliphatic rings. The van der Waals surface area contributed by atoms with Crippen LogP contribution in [0.25, 0.3) is 11.3 Å².